The van der Waals surface area contributed by atoms with Crippen molar-refractivity contribution in [1.82, 2.24) is 5.32 Å². The molecule has 1 N–H and O–H groups in total. The van der Waals surface area contributed by atoms with Gasteiger partial charge in [0.15, 0.2) is 8.32 Å². The lowest BCUT2D eigenvalue weighted by Gasteiger charge is -2.46. The summed E-state index contributed by atoms with van der Waals surface area (Å²) in [5, 5.41) is 3.96. The maximum absolute atomic E-state index is 6.99. The molecular weight excluding hydrogens is 286 g/mol. The van der Waals surface area contributed by atoms with Gasteiger partial charge in [-0.2, -0.15) is 0 Å². The molecule has 0 unspecified atom stereocenters. The summed E-state index contributed by atoms with van der Waals surface area (Å²) < 4.78 is 6.99. The van der Waals surface area contributed by atoms with Gasteiger partial charge in [-0.05, 0) is 49.4 Å². The summed E-state index contributed by atoms with van der Waals surface area (Å²) in [6.45, 7) is 7.01. The summed E-state index contributed by atoms with van der Waals surface area (Å²) >= 11 is 0. The highest BCUT2D eigenvalue weighted by atomic mass is 28.4. The van der Waals surface area contributed by atoms with Crippen molar-refractivity contribution >= 4 is 8.32 Å². The molecule has 0 aromatic heterocycles. The minimum atomic E-state index is -1.56. The Bertz CT molecular complexity index is 479. The predicted molar refractivity (Wildman–Crippen MR) is 95.6 cm³/mol. The molecule has 2 aliphatic heterocycles. The van der Waals surface area contributed by atoms with Crippen LogP contribution in [0.25, 0.3) is 0 Å². The Kier molecular flexibility index (Phi) is 4.76. The molecule has 2 heterocycles. The fraction of sp³-hybridized carbons (Fsp3) is 0.684. The molecule has 0 radical (unpaired) electrons. The lowest BCUT2D eigenvalue weighted by atomic mass is 9.81. The zero-order valence-electron chi connectivity index (χ0n) is 14.4. The maximum Gasteiger partial charge on any atom is 0.192 e. The van der Waals surface area contributed by atoms with Crippen LogP contribution in [0.15, 0.2) is 30.3 Å². The third-order valence-corrected chi connectivity index (χ3v) is 10.9. The zero-order valence-corrected chi connectivity index (χ0v) is 15.4. The standard InChI is InChI=1S/C19H31NOSi/c1-4-22(5-2,6-3)21-18-13-12-17-14-15-19(18,20-17)16-10-8-7-9-11-16/h7-11,17-18,20H,4-6,12-15H2,1-3H3/t17-,18+,19+/m0/s1. The molecule has 3 atom stereocenters. The van der Waals surface area contributed by atoms with E-state index in [1.807, 2.05) is 0 Å². The molecular formula is C19H31NOSi. The lowest BCUT2D eigenvalue weighted by molar-refractivity contribution is 0.0493. The van der Waals surface area contributed by atoms with E-state index in [1.54, 1.807) is 0 Å². The van der Waals surface area contributed by atoms with Crippen molar-refractivity contribution in [2.75, 3.05) is 0 Å². The van der Waals surface area contributed by atoms with Crippen LogP contribution in [0.5, 0.6) is 0 Å². The van der Waals surface area contributed by atoms with Crippen LogP contribution in [0, 0.1) is 0 Å². The Morgan fingerprint density at radius 1 is 1.05 bits per heavy atom. The van der Waals surface area contributed by atoms with Crippen LogP contribution in [-0.2, 0) is 9.96 Å². The van der Waals surface area contributed by atoms with Crippen molar-refractivity contribution in [3.8, 4) is 0 Å². The molecule has 0 aliphatic carbocycles. The van der Waals surface area contributed by atoms with Crippen molar-refractivity contribution in [3.63, 3.8) is 0 Å². The second-order valence-electron chi connectivity index (χ2n) is 7.14. The smallest absolute Gasteiger partial charge is 0.192 e. The molecule has 122 valence electrons. The van der Waals surface area contributed by atoms with Gasteiger partial charge < -0.3 is 9.74 Å². The summed E-state index contributed by atoms with van der Waals surface area (Å²) in [7, 11) is -1.56. The first-order chi connectivity index (χ1) is 10.7. The number of benzene rings is 1. The second-order valence-corrected chi connectivity index (χ2v) is 11.9. The summed E-state index contributed by atoms with van der Waals surface area (Å²) in [6, 6.07) is 15.5. The van der Waals surface area contributed by atoms with Crippen LogP contribution in [0.1, 0.15) is 52.0 Å². The van der Waals surface area contributed by atoms with E-state index in [0.717, 1.165) is 0 Å². The topological polar surface area (TPSA) is 21.3 Å². The van der Waals surface area contributed by atoms with Crippen molar-refractivity contribution in [2.45, 2.75) is 82.3 Å². The minimum absolute atomic E-state index is 0.0714. The second kappa shape index (κ2) is 6.46. The summed E-state index contributed by atoms with van der Waals surface area (Å²) in [5.41, 5.74) is 1.51. The van der Waals surface area contributed by atoms with Gasteiger partial charge in [0.05, 0.1) is 11.6 Å². The van der Waals surface area contributed by atoms with E-state index in [1.165, 1.54) is 49.4 Å². The molecule has 22 heavy (non-hydrogen) atoms. The van der Waals surface area contributed by atoms with Crippen LogP contribution < -0.4 is 5.32 Å². The fourth-order valence-corrected chi connectivity index (χ4v) is 7.51. The molecule has 0 spiro atoms. The highest BCUT2D eigenvalue weighted by Gasteiger charge is 2.51. The van der Waals surface area contributed by atoms with E-state index in [0.29, 0.717) is 12.1 Å². The van der Waals surface area contributed by atoms with Gasteiger partial charge >= 0.3 is 0 Å². The van der Waals surface area contributed by atoms with Crippen LogP contribution in [0.2, 0.25) is 18.1 Å². The van der Waals surface area contributed by atoms with E-state index in [-0.39, 0.29) is 5.54 Å². The normalized spacial score (nSPS) is 31.4. The van der Waals surface area contributed by atoms with Gasteiger partial charge in [0, 0.05) is 6.04 Å². The van der Waals surface area contributed by atoms with Crippen LogP contribution in [0.4, 0.5) is 0 Å². The number of nitrogens with one attached hydrogen (secondary N) is 1. The predicted octanol–water partition coefficient (Wildman–Crippen LogP) is 4.82. The van der Waals surface area contributed by atoms with Crippen molar-refractivity contribution in [1.29, 1.82) is 0 Å². The lowest BCUT2D eigenvalue weighted by Crippen LogP contribution is -2.57. The highest BCUT2D eigenvalue weighted by molar-refractivity contribution is 6.73. The van der Waals surface area contributed by atoms with Gasteiger partial charge in [0.2, 0.25) is 0 Å². The van der Waals surface area contributed by atoms with E-state index >= 15 is 0 Å². The van der Waals surface area contributed by atoms with E-state index in [9.17, 15) is 0 Å². The van der Waals surface area contributed by atoms with Crippen molar-refractivity contribution in [2.24, 2.45) is 0 Å². The molecule has 2 aliphatic rings. The molecule has 1 aromatic carbocycles. The molecule has 0 amide bonds. The Labute approximate surface area is 136 Å². The molecule has 3 rings (SSSR count). The molecule has 1 aromatic rings. The van der Waals surface area contributed by atoms with Gasteiger partial charge in [-0.25, -0.2) is 0 Å². The highest BCUT2D eigenvalue weighted by Crippen LogP contribution is 2.46. The Morgan fingerprint density at radius 3 is 2.36 bits per heavy atom. The number of rotatable bonds is 6. The third kappa shape index (κ3) is 2.68. The molecule has 0 saturated carbocycles. The van der Waals surface area contributed by atoms with Gasteiger partial charge in [0.1, 0.15) is 0 Å². The van der Waals surface area contributed by atoms with Gasteiger partial charge in [-0.15, -0.1) is 0 Å². The zero-order chi connectivity index (χ0) is 15.6. The first-order valence-electron chi connectivity index (χ1n) is 9.19. The number of hydrogen-bond donors (Lipinski definition) is 1. The average Bonchev–Trinajstić information content (AvgIpc) is 2.95. The minimum Gasteiger partial charge on any atom is -0.412 e. The average molecular weight is 318 g/mol. The Hall–Kier alpha value is -0.643. The first kappa shape index (κ1) is 16.2. The number of fused-ring (bicyclic) bond motifs is 2. The SMILES string of the molecule is CC[Si](CC)(CC)O[C@@H]1CC[C@H]2CC[C@]1(c1ccccc1)N2. The molecule has 2 fully saturated rings. The monoisotopic (exact) mass is 317 g/mol. The van der Waals surface area contributed by atoms with Gasteiger partial charge in [0.25, 0.3) is 0 Å². The fourth-order valence-electron chi connectivity index (χ4n) is 4.59. The maximum atomic E-state index is 6.99. The van der Waals surface area contributed by atoms with E-state index in [4.69, 9.17) is 4.43 Å². The molecule has 2 saturated heterocycles. The Balaban J connectivity index is 1.92. The quantitative estimate of drug-likeness (QED) is 0.760. The number of piperidine rings is 1. The van der Waals surface area contributed by atoms with Gasteiger partial charge in [-0.1, -0.05) is 51.1 Å². The molecule has 2 bridgehead atoms. The van der Waals surface area contributed by atoms with Crippen LogP contribution >= 0.6 is 0 Å². The van der Waals surface area contributed by atoms with Crippen molar-refractivity contribution < 1.29 is 4.43 Å². The number of hydrogen-bond acceptors (Lipinski definition) is 2. The van der Waals surface area contributed by atoms with E-state index in [2.05, 4.69) is 56.4 Å². The largest absolute Gasteiger partial charge is 0.412 e. The van der Waals surface area contributed by atoms with Gasteiger partial charge in [-0.3, -0.25) is 0 Å². The molecule has 3 heteroatoms. The van der Waals surface area contributed by atoms with Crippen LogP contribution in [-0.4, -0.2) is 20.5 Å². The molecule has 2 nitrogen and oxygen atoms in total. The summed E-state index contributed by atoms with van der Waals surface area (Å²) in [5.74, 6) is 0. The van der Waals surface area contributed by atoms with Crippen molar-refractivity contribution in [3.05, 3.63) is 35.9 Å². The Morgan fingerprint density at radius 2 is 1.73 bits per heavy atom. The van der Waals surface area contributed by atoms with Crippen LogP contribution in [0.3, 0.4) is 0 Å². The van der Waals surface area contributed by atoms with E-state index < -0.39 is 8.32 Å². The third-order valence-electron chi connectivity index (χ3n) is 6.29. The summed E-state index contributed by atoms with van der Waals surface area (Å²) in [4.78, 5) is 0. The first-order valence-corrected chi connectivity index (χ1v) is 11.7. The summed E-state index contributed by atoms with van der Waals surface area (Å²) in [6.07, 6.45) is 5.39.